The third-order valence-electron chi connectivity index (χ3n) is 5.28. The SMILES string of the molecule is CC(C)(C)OC(=O)N1CC(F)(F)[C@@H](OS(=O)(=O)C(F)(F)F)[C@@H]1Cc1cccc(-c2ccccc2)c1F. The molecular weight excluding hydrogens is 516 g/mol. The Balaban J connectivity index is 2.06. The summed E-state index contributed by atoms with van der Waals surface area (Å²) >= 11 is 0. The molecule has 0 aromatic heterocycles. The van der Waals surface area contributed by atoms with Gasteiger partial charge in [0.15, 0.2) is 6.10 Å². The number of nitrogens with zero attached hydrogens (tertiary/aromatic N) is 1. The van der Waals surface area contributed by atoms with Crippen LogP contribution in [0.1, 0.15) is 26.3 Å². The highest BCUT2D eigenvalue weighted by molar-refractivity contribution is 7.87. The van der Waals surface area contributed by atoms with Crippen LogP contribution in [0.4, 0.5) is 31.1 Å². The second kappa shape index (κ2) is 9.58. The molecular formula is C23H23F6NO5S. The zero-order valence-electron chi connectivity index (χ0n) is 19.4. The van der Waals surface area contributed by atoms with Crippen LogP contribution in [0.5, 0.6) is 0 Å². The molecule has 1 aliphatic heterocycles. The first-order chi connectivity index (χ1) is 16.4. The van der Waals surface area contributed by atoms with Crippen LogP contribution < -0.4 is 0 Å². The van der Waals surface area contributed by atoms with Crippen LogP contribution in [-0.2, 0) is 25.5 Å². The molecule has 0 radical (unpaired) electrons. The van der Waals surface area contributed by atoms with Gasteiger partial charge in [-0.3, -0.25) is 9.08 Å². The summed E-state index contributed by atoms with van der Waals surface area (Å²) in [5.41, 5.74) is -6.91. The monoisotopic (exact) mass is 539 g/mol. The molecule has 1 fully saturated rings. The molecule has 0 aliphatic carbocycles. The molecule has 0 spiro atoms. The Labute approximate surface area is 203 Å². The van der Waals surface area contributed by atoms with Crippen LogP contribution in [0.15, 0.2) is 48.5 Å². The van der Waals surface area contributed by atoms with Gasteiger partial charge in [-0.1, -0.05) is 48.5 Å². The van der Waals surface area contributed by atoms with E-state index in [0.29, 0.717) is 10.5 Å². The molecule has 2 aromatic rings. The van der Waals surface area contributed by atoms with Gasteiger partial charge in [-0.25, -0.2) is 18.0 Å². The van der Waals surface area contributed by atoms with Crippen molar-refractivity contribution in [1.82, 2.24) is 4.90 Å². The van der Waals surface area contributed by atoms with Gasteiger partial charge in [-0.2, -0.15) is 21.6 Å². The van der Waals surface area contributed by atoms with Gasteiger partial charge in [0.1, 0.15) is 11.4 Å². The predicted octanol–water partition coefficient (Wildman–Crippen LogP) is 5.52. The number of carbonyl (C=O) groups excluding carboxylic acids is 1. The molecule has 2 aromatic carbocycles. The predicted molar refractivity (Wildman–Crippen MR) is 117 cm³/mol. The first-order valence-corrected chi connectivity index (χ1v) is 12.0. The van der Waals surface area contributed by atoms with Crippen molar-refractivity contribution in [3.05, 3.63) is 59.9 Å². The second-order valence-corrected chi connectivity index (χ2v) is 10.8. The molecule has 0 N–H and O–H groups in total. The molecule has 1 amide bonds. The molecule has 198 valence electrons. The first-order valence-electron chi connectivity index (χ1n) is 10.6. The minimum absolute atomic E-state index is 0.0713. The number of carbonyl (C=O) groups is 1. The maximum absolute atomic E-state index is 15.4. The van der Waals surface area contributed by atoms with Gasteiger partial charge in [0.25, 0.3) is 5.92 Å². The van der Waals surface area contributed by atoms with Crippen LogP contribution in [0.25, 0.3) is 11.1 Å². The summed E-state index contributed by atoms with van der Waals surface area (Å²) in [5, 5.41) is 0. The van der Waals surface area contributed by atoms with Crippen LogP contribution in [0, 0.1) is 5.82 Å². The zero-order valence-corrected chi connectivity index (χ0v) is 20.2. The largest absolute Gasteiger partial charge is 0.523 e. The Morgan fingerprint density at radius 3 is 2.22 bits per heavy atom. The topological polar surface area (TPSA) is 72.9 Å². The average Bonchev–Trinajstić information content (AvgIpc) is 2.98. The van der Waals surface area contributed by atoms with E-state index in [1.807, 2.05) is 0 Å². The van der Waals surface area contributed by atoms with Gasteiger partial charge in [-0.15, -0.1) is 0 Å². The number of halogens is 6. The molecule has 1 heterocycles. The van der Waals surface area contributed by atoms with Crippen molar-refractivity contribution in [1.29, 1.82) is 0 Å². The molecule has 13 heteroatoms. The van der Waals surface area contributed by atoms with E-state index >= 15 is 4.39 Å². The normalized spacial score (nSPS) is 20.4. The maximum atomic E-state index is 15.4. The van der Waals surface area contributed by atoms with E-state index in [1.54, 1.807) is 30.3 Å². The standard InChI is InChI=1S/C23H23F6NO5S/c1-21(2,3)34-20(31)30-13-22(25,26)19(35-36(32,33)23(27,28)29)17(30)12-15-10-7-11-16(18(15)24)14-8-5-4-6-9-14/h4-11,17,19H,12-13H2,1-3H3/t17-,19-/m0/s1. The molecule has 0 saturated carbocycles. The lowest BCUT2D eigenvalue weighted by Crippen LogP contribution is -2.47. The van der Waals surface area contributed by atoms with E-state index in [9.17, 15) is 35.2 Å². The Hall–Kier alpha value is -2.80. The van der Waals surface area contributed by atoms with E-state index in [-0.39, 0.29) is 11.1 Å². The lowest BCUT2D eigenvalue weighted by molar-refractivity contribution is -0.0902. The summed E-state index contributed by atoms with van der Waals surface area (Å²) in [5.74, 6) is -5.10. The molecule has 36 heavy (non-hydrogen) atoms. The van der Waals surface area contributed by atoms with Gasteiger partial charge in [0.05, 0.1) is 12.6 Å². The number of ether oxygens (including phenoxy) is 1. The highest BCUT2D eigenvalue weighted by Crippen LogP contribution is 2.41. The van der Waals surface area contributed by atoms with Crippen LogP contribution >= 0.6 is 0 Å². The Kier molecular flexibility index (Phi) is 7.39. The first kappa shape index (κ1) is 27.8. The van der Waals surface area contributed by atoms with Gasteiger partial charge in [-0.05, 0) is 38.3 Å². The summed E-state index contributed by atoms with van der Waals surface area (Å²) in [7, 11) is -6.48. The highest BCUT2D eigenvalue weighted by atomic mass is 32.2. The summed E-state index contributed by atoms with van der Waals surface area (Å²) in [6.07, 6.45) is -5.07. The van der Waals surface area contributed by atoms with Crippen molar-refractivity contribution in [2.75, 3.05) is 6.54 Å². The fourth-order valence-electron chi connectivity index (χ4n) is 3.75. The Bertz CT molecular complexity index is 1210. The number of amides is 1. The molecule has 6 nitrogen and oxygen atoms in total. The average molecular weight is 539 g/mol. The summed E-state index contributed by atoms with van der Waals surface area (Å²) in [6.45, 7) is 2.79. The lowest BCUT2D eigenvalue weighted by atomic mass is 9.96. The smallest absolute Gasteiger partial charge is 0.444 e. The van der Waals surface area contributed by atoms with E-state index in [0.717, 1.165) is 0 Å². The van der Waals surface area contributed by atoms with Gasteiger partial charge in [0.2, 0.25) is 0 Å². The van der Waals surface area contributed by atoms with Gasteiger partial charge >= 0.3 is 21.7 Å². The lowest BCUT2D eigenvalue weighted by Gasteiger charge is -2.30. The van der Waals surface area contributed by atoms with Crippen LogP contribution in [0.3, 0.4) is 0 Å². The van der Waals surface area contributed by atoms with Crippen molar-refractivity contribution in [2.24, 2.45) is 0 Å². The fourth-order valence-corrected chi connectivity index (χ4v) is 4.40. The van der Waals surface area contributed by atoms with Gasteiger partial charge < -0.3 is 4.74 Å². The summed E-state index contributed by atoms with van der Waals surface area (Å²) in [6, 6.07) is 10.1. The second-order valence-electron chi connectivity index (χ2n) is 9.20. The Morgan fingerprint density at radius 1 is 1.06 bits per heavy atom. The molecule has 1 saturated heterocycles. The molecule has 3 rings (SSSR count). The van der Waals surface area contributed by atoms with Crippen molar-refractivity contribution >= 4 is 16.2 Å². The van der Waals surface area contributed by atoms with E-state index in [1.165, 1.54) is 39.0 Å². The minimum Gasteiger partial charge on any atom is -0.444 e. The molecule has 1 aliphatic rings. The minimum atomic E-state index is -6.48. The number of rotatable bonds is 5. The number of hydrogen-bond donors (Lipinski definition) is 0. The van der Waals surface area contributed by atoms with Crippen molar-refractivity contribution in [3.8, 4) is 11.1 Å². The van der Waals surface area contributed by atoms with Crippen LogP contribution in [-0.4, -0.2) is 55.1 Å². The van der Waals surface area contributed by atoms with E-state index in [2.05, 4.69) is 4.18 Å². The molecule has 0 unspecified atom stereocenters. The van der Waals surface area contributed by atoms with E-state index in [4.69, 9.17) is 4.74 Å². The number of likely N-dealkylation sites (tertiary alicyclic amines) is 1. The zero-order chi connectivity index (χ0) is 27.1. The van der Waals surface area contributed by atoms with Crippen LogP contribution in [0.2, 0.25) is 0 Å². The summed E-state index contributed by atoms with van der Waals surface area (Å²) < 4.78 is 116. The van der Waals surface area contributed by atoms with Crippen molar-refractivity contribution < 1.29 is 48.5 Å². The number of alkyl halides is 5. The van der Waals surface area contributed by atoms with Crippen molar-refractivity contribution in [2.45, 2.75) is 56.4 Å². The number of hydrogen-bond acceptors (Lipinski definition) is 5. The fraction of sp³-hybridized carbons (Fsp3) is 0.435. The van der Waals surface area contributed by atoms with E-state index < -0.39 is 64.2 Å². The number of benzene rings is 2. The highest BCUT2D eigenvalue weighted by Gasteiger charge is 2.62. The van der Waals surface area contributed by atoms with Gasteiger partial charge in [0, 0.05) is 5.56 Å². The molecule has 0 bridgehead atoms. The Morgan fingerprint density at radius 2 is 1.67 bits per heavy atom. The molecule has 2 atom stereocenters. The maximum Gasteiger partial charge on any atom is 0.523 e. The summed E-state index contributed by atoms with van der Waals surface area (Å²) in [4.78, 5) is 13.1. The quantitative estimate of drug-likeness (QED) is 0.284. The van der Waals surface area contributed by atoms with Crippen molar-refractivity contribution in [3.63, 3.8) is 0 Å². The third kappa shape index (κ3) is 5.94. The third-order valence-corrected chi connectivity index (χ3v) is 6.31.